The maximum Gasteiger partial charge on any atom is 1.00 e. The van der Waals surface area contributed by atoms with Crippen LogP contribution in [0, 0.1) is 0 Å². The van der Waals surface area contributed by atoms with Crippen LogP contribution >= 0.6 is 0 Å². The SMILES string of the molecule is O=S1(=O)CCC(n2ncc3c([O-])ncnc32)C1.[Na+]. The molecule has 1 saturated heterocycles. The monoisotopic (exact) mass is 276 g/mol. The Morgan fingerprint density at radius 2 is 2.17 bits per heavy atom. The van der Waals surface area contributed by atoms with Gasteiger partial charge < -0.3 is 5.11 Å². The Bertz CT molecular complexity index is 684. The number of rotatable bonds is 1. The van der Waals surface area contributed by atoms with Gasteiger partial charge in [0, 0.05) is 11.3 Å². The Morgan fingerprint density at radius 3 is 2.83 bits per heavy atom. The van der Waals surface area contributed by atoms with E-state index in [0.29, 0.717) is 17.5 Å². The van der Waals surface area contributed by atoms with Gasteiger partial charge in [-0.3, -0.25) is 4.98 Å². The summed E-state index contributed by atoms with van der Waals surface area (Å²) in [5.41, 5.74) is 0.409. The largest absolute Gasteiger partial charge is 1.00 e. The summed E-state index contributed by atoms with van der Waals surface area (Å²) < 4.78 is 24.3. The third kappa shape index (κ3) is 2.25. The van der Waals surface area contributed by atoms with Crippen LogP contribution in [-0.4, -0.2) is 39.7 Å². The van der Waals surface area contributed by atoms with Gasteiger partial charge in [-0.15, -0.1) is 0 Å². The molecule has 1 aliphatic rings. The molecule has 7 nitrogen and oxygen atoms in total. The minimum absolute atomic E-state index is 0. The van der Waals surface area contributed by atoms with Crippen LogP contribution < -0.4 is 34.7 Å². The van der Waals surface area contributed by atoms with Crippen molar-refractivity contribution >= 4 is 20.9 Å². The minimum atomic E-state index is -2.98. The second kappa shape index (κ2) is 4.76. The van der Waals surface area contributed by atoms with E-state index < -0.39 is 9.84 Å². The molecule has 1 fully saturated rings. The Hall–Kier alpha value is -0.700. The van der Waals surface area contributed by atoms with Crippen LogP contribution in [0.3, 0.4) is 0 Å². The van der Waals surface area contributed by atoms with E-state index in [4.69, 9.17) is 0 Å². The Labute approximate surface area is 125 Å². The molecule has 0 bridgehead atoms. The molecule has 1 unspecified atom stereocenters. The van der Waals surface area contributed by atoms with Gasteiger partial charge in [-0.05, 0) is 6.42 Å². The van der Waals surface area contributed by atoms with E-state index in [1.165, 1.54) is 17.2 Å². The van der Waals surface area contributed by atoms with Crippen LogP contribution in [0.25, 0.3) is 11.0 Å². The van der Waals surface area contributed by atoms with E-state index in [1.54, 1.807) is 0 Å². The van der Waals surface area contributed by atoms with Gasteiger partial charge in [0.2, 0.25) is 0 Å². The molecule has 2 aromatic heterocycles. The number of sulfone groups is 1. The number of nitrogens with zero attached hydrogens (tertiary/aromatic N) is 4. The average Bonchev–Trinajstić information content (AvgIpc) is 2.82. The molecular formula is C9H9N4NaO3S. The smallest absolute Gasteiger partial charge is 0.858 e. The van der Waals surface area contributed by atoms with Gasteiger partial charge in [0.15, 0.2) is 15.5 Å². The zero-order valence-electron chi connectivity index (χ0n) is 9.78. The predicted molar refractivity (Wildman–Crippen MR) is 57.1 cm³/mol. The Kier molecular flexibility index (Phi) is 3.63. The third-order valence-electron chi connectivity index (χ3n) is 2.91. The molecular weight excluding hydrogens is 267 g/mol. The van der Waals surface area contributed by atoms with Crippen molar-refractivity contribution in [2.75, 3.05) is 11.5 Å². The van der Waals surface area contributed by atoms with Crippen LogP contribution in [0.2, 0.25) is 0 Å². The molecule has 90 valence electrons. The summed E-state index contributed by atoms with van der Waals surface area (Å²) in [6.07, 6.45) is 3.08. The quantitative estimate of drug-likeness (QED) is 0.496. The summed E-state index contributed by atoms with van der Waals surface area (Å²) in [4.78, 5) is 7.53. The summed E-state index contributed by atoms with van der Waals surface area (Å²) in [6, 6.07) is -0.230. The fourth-order valence-corrected chi connectivity index (χ4v) is 3.77. The van der Waals surface area contributed by atoms with Crippen molar-refractivity contribution < 1.29 is 43.1 Å². The summed E-state index contributed by atoms with van der Waals surface area (Å²) >= 11 is 0. The van der Waals surface area contributed by atoms with Gasteiger partial charge in [0.25, 0.3) is 0 Å². The van der Waals surface area contributed by atoms with Crippen LogP contribution in [0.15, 0.2) is 12.5 Å². The van der Waals surface area contributed by atoms with Crippen LogP contribution in [0.4, 0.5) is 0 Å². The van der Waals surface area contributed by atoms with Crippen molar-refractivity contribution in [1.82, 2.24) is 19.7 Å². The predicted octanol–water partition coefficient (Wildman–Crippen LogP) is -3.74. The summed E-state index contributed by atoms with van der Waals surface area (Å²) in [6.45, 7) is 0. The normalized spacial score (nSPS) is 21.9. The van der Waals surface area contributed by atoms with E-state index in [1.807, 2.05) is 0 Å². The molecule has 1 atom stereocenters. The standard InChI is InChI=1S/C9H10N4O3S.Na/c14-9-7-3-12-13(8(7)10-5-11-9)6-1-2-17(15,16)4-6;/h3,5-6H,1-2,4H2,(H,10,11,14);/q;+1/p-1. The van der Waals surface area contributed by atoms with Gasteiger partial charge in [0.1, 0.15) is 6.33 Å². The van der Waals surface area contributed by atoms with Crippen molar-refractivity contribution in [3.8, 4) is 5.88 Å². The van der Waals surface area contributed by atoms with Gasteiger partial charge in [-0.1, -0.05) is 0 Å². The maximum atomic E-state index is 11.4. The van der Waals surface area contributed by atoms with Crippen molar-refractivity contribution in [2.45, 2.75) is 12.5 Å². The van der Waals surface area contributed by atoms with E-state index in [9.17, 15) is 13.5 Å². The van der Waals surface area contributed by atoms with E-state index >= 15 is 0 Å². The fraction of sp³-hybridized carbons (Fsp3) is 0.444. The second-order valence-electron chi connectivity index (χ2n) is 4.06. The van der Waals surface area contributed by atoms with Crippen LogP contribution in [-0.2, 0) is 9.84 Å². The topological polar surface area (TPSA) is 101 Å². The molecule has 3 heterocycles. The molecule has 0 N–H and O–H groups in total. The number of fused-ring (bicyclic) bond motifs is 1. The minimum Gasteiger partial charge on any atom is -0.858 e. The molecule has 0 aromatic carbocycles. The molecule has 0 radical (unpaired) electrons. The molecule has 0 amide bonds. The molecule has 0 aliphatic carbocycles. The second-order valence-corrected chi connectivity index (χ2v) is 6.29. The molecule has 3 rings (SSSR count). The zero-order chi connectivity index (χ0) is 12.0. The summed E-state index contributed by atoms with van der Waals surface area (Å²) in [7, 11) is -2.98. The first-order chi connectivity index (χ1) is 8.07. The molecule has 0 saturated carbocycles. The van der Waals surface area contributed by atoms with Crippen LogP contribution in [0.5, 0.6) is 5.88 Å². The zero-order valence-corrected chi connectivity index (χ0v) is 12.6. The Balaban J connectivity index is 0.00000120. The van der Waals surface area contributed by atoms with E-state index in [-0.39, 0.29) is 53.0 Å². The Morgan fingerprint density at radius 1 is 1.39 bits per heavy atom. The first kappa shape index (κ1) is 13.7. The van der Waals surface area contributed by atoms with Gasteiger partial charge in [-0.25, -0.2) is 18.1 Å². The number of aromatic nitrogens is 4. The molecule has 9 heteroatoms. The van der Waals surface area contributed by atoms with Crippen LogP contribution in [0.1, 0.15) is 12.5 Å². The summed E-state index contributed by atoms with van der Waals surface area (Å²) in [5, 5.41) is 15.8. The third-order valence-corrected chi connectivity index (χ3v) is 4.66. The first-order valence-electron chi connectivity index (χ1n) is 5.12. The molecule has 18 heavy (non-hydrogen) atoms. The van der Waals surface area contributed by atoms with E-state index in [0.717, 1.165) is 0 Å². The maximum absolute atomic E-state index is 11.4. The van der Waals surface area contributed by atoms with Gasteiger partial charge in [-0.2, -0.15) is 5.10 Å². The molecule has 2 aromatic rings. The average molecular weight is 276 g/mol. The first-order valence-corrected chi connectivity index (χ1v) is 6.94. The van der Waals surface area contributed by atoms with Gasteiger partial charge in [0.05, 0.1) is 23.7 Å². The van der Waals surface area contributed by atoms with Crippen molar-refractivity contribution in [3.63, 3.8) is 0 Å². The number of hydrogen-bond donors (Lipinski definition) is 0. The van der Waals surface area contributed by atoms with E-state index in [2.05, 4.69) is 15.1 Å². The van der Waals surface area contributed by atoms with Crippen molar-refractivity contribution in [2.24, 2.45) is 0 Å². The fourth-order valence-electron chi connectivity index (χ4n) is 2.08. The van der Waals surface area contributed by atoms with Crippen molar-refractivity contribution in [3.05, 3.63) is 12.5 Å². The summed E-state index contributed by atoms with van der Waals surface area (Å²) in [5.74, 6) is -0.168. The number of hydrogen-bond acceptors (Lipinski definition) is 6. The van der Waals surface area contributed by atoms with Gasteiger partial charge >= 0.3 is 29.6 Å². The molecule has 1 aliphatic heterocycles. The van der Waals surface area contributed by atoms with Crippen molar-refractivity contribution in [1.29, 1.82) is 0 Å². The molecule has 0 spiro atoms.